The van der Waals surface area contributed by atoms with Gasteiger partial charge in [-0.25, -0.2) is 0 Å². The number of anilines is 1. The van der Waals surface area contributed by atoms with E-state index in [0.717, 1.165) is 24.1 Å². The quantitative estimate of drug-likeness (QED) is 0.799. The highest BCUT2D eigenvalue weighted by molar-refractivity contribution is 7.80. The summed E-state index contributed by atoms with van der Waals surface area (Å²) in [4.78, 5) is 0. The van der Waals surface area contributed by atoms with Crippen molar-refractivity contribution in [1.29, 1.82) is 5.26 Å². The maximum atomic E-state index is 8.59. The molecule has 0 aliphatic rings. The fraction of sp³-hybridized carbons (Fsp3) is 0.429. The van der Waals surface area contributed by atoms with Gasteiger partial charge in [-0.15, -0.1) is 0 Å². The third-order valence-corrected chi connectivity index (χ3v) is 2.81. The van der Waals surface area contributed by atoms with Crippen LogP contribution in [0.1, 0.15) is 32.3 Å². The molecule has 4 heteroatoms. The lowest BCUT2D eigenvalue weighted by Gasteiger charge is -2.16. The number of hydrogen-bond acceptors (Lipinski definition) is 2. The maximum absolute atomic E-state index is 8.59. The summed E-state index contributed by atoms with van der Waals surface area (Å²) in [5, 5.41) is 15.6. The van der Waals surface area contributed by atoms with E-state index in [1.54, 1.807) is 0 Å². The van der Waals surface area contributed by atoms with Gasteiger partial charge in [-0.3, -0.25) is 0 Å². The largest absolute Gasteiger partial charge is 0.360 e. The van der Waals surface area contributed by atoms with Gasteiger partial charge in [0, 0.05) is 11.7 Å². The Morgan fingerprint density at radius 3 is 2.61 bits per heavy atom. The van der Waals surface area contributed by atoms with E-state index >= 15 is 0 Å². The number of nitriles is 1. The van der Waals surface area contributed by atoms with Gasteiger partial charge in [0.25, 0.3) is 0 Å². The predicted octanol–water partition coefficient (Wildman–Crippen LogP) is 3.23. The smallest absolute Gasteiger partial charge is 0.170 e. The second kappa shape index (κ2) is 7.67. The van der Waals surface area contributed by atoms with Gasteiger partial charge >= 0.3 is 0 Å². The zero-order valence-corrected chi connectivity index (χ0v) is 11.7. The van der Waals surface area contributed by atoms with Crippen molar-refractivity contribution >= 4 is 23.0 Å². The van der Waals surface area contributed by atoms with Gasteiger partial charge in [-0.2, -0.15) is 5.26 Å². The van der Waals surface area contributed by atoms with Gasteiger partial charge in [0.05, 0.1) is 12.5 Å². The summed E-state index contributed by atoms with van der Waals surface area (Å²) in [6.45, 7) is 4.27. The number of thiocarbonyl (C=S) groups is 1. The summed E-state index contributed by atoms with van der Waals surface area (Å²) in [7, 11) is 0. The van der Waals surface area contributed by atoms with Crippen LogP contribution in [0.3, 0.4) is 0 Å². The Hall–Kier alpha value is -1.60. The fourth-order valence-corrected chi connectivity index (χ4v) is 2.01. The Balaban J connectivity index is 2.47. The molecule has 1 aromatic carbocycles. The highest BCUT2D eigenvalue weighted by Crippen LogP contribution is 2.10. The van der Waals surface area contributed by atoms with Crippen LogP contribution in [0.25, 0.3) is 0 Å². The number of hydrogen-bond donors (Lipinski definition) is 2. The Morgan fingerprint density at radius 1 is 1.39 bits per heavy atom. The summed E-state index contributed by atoms with van der Waals surface area (Å²) in [5.41, 5.74) is 1.96. The Labute approximate surface area is 114 Å². The second-order valence-corrected chi connectivity index (χ2v) is 4.73. The van der Waals surface area contributed by atoms with E-state index < -0.39 is 0 Å². The van der Waals surface area contributed by atoms with Crippen LogP contribution in [-0.4, -0.2) is 11.2 Å². The first-order valence-electron chi connectivity index (χ1n) is 6.19. The van der Waals surface area contributed by atoms with E-state index in [1.165, 1.54) is 0 Å². The molecule has 0 saturated carbocycles. The molecule has 3 nitrogen and oxygen atoms in total. The number of benzene rings is 1. The molecule has 0 spiro atoms. The van der Waals surface area contributed by atoms with Gasteiger partial charge < -0.3 is 10.6 Å². The van der Waals surface area contributed by atoms with E-state index in [0.29, 0.717) is 17.6 Å². The number of nitrogens with one attached hydrogen (secondary N) is 2. The molecule has 0 unspecified atom stereocenters. The minimum absolute atomic E-state index is 0.382. The molecular weight excluding hydrogens is 242 g/mol. The van der Waals surface area contributed by atoms with Crippen LogP contribution in [-0.2, 0) is 6.42 Å². The Bertz CT molecular complexity index is 420. The maximum Gasteiger partial charge on any atom is 0.170 e. The average molecular weight is 261 g/mol. The first-order chi connectivity index (χ1) is 8.65. The first-order valence-corrected chi connectivity index (χ1v) is 6.60. The van der Waals surface area contributed by atoms with E-state index in [1.807, 2.05) is 24.3 Å². The lowest BCUT2D eigenvalue weighted by molar-refractivity contribution is 0.599. The van der Waals surface area contributed by atoms with Crippen molar-refractivity contribution in [2.75, 3.05) is 5.32 Å². The highest BCUT2D eigenvalue weighted by atomic mass is 32.1. The number of nitrogens with zero attached hydrogens (tertiary/aromatic N) is 1. The molecule has 0 aromatic heterocycles. The van der Waals surface area contributed by atoms with Crippen molar-refractivity contribution in [2.45, 2.75) is 39.2 Å². The van der Waals surface area contributed by atoms with Crippen LogP contribution >= 0.6 is 12.2 Å². The lowest BCUT2D eigenvalue weighted by Crippen LogP contribution is -2.35. The molecular formula is C14H19N3S. The zero-order chi connectivity index (χ0) is 13.4. The Kier molecular flexibility index (Phi) is 6.16. The second-order valence-electron chi connectivity index (χ2n) is 4.32. The third-order valence-electron chi connectivity index (χ3n) is 2.59. The predicted molar refractivity (Wildman–Crippen MR) is 79.5 cm³/mol. The standard InChI is InChI=1S/C14H19N3S/c1-3-4-11(2)16-14(18)17-13-7-5-12(6-8-13)9-10-15/h5-8,11H,3-4,9H2,1-2H3,(H2,16,17,18)/t11-/m0/s1. The summed E-state index contributed by atoms with van der Waals surface area (Å²) in [6, 6.07) is 10.2. The monoisotopic (exact) mass is 261 g/mol. The van der Waals surface area contributed by atoms with Crippen molar-refractivity contribution in [3.05, 3.63) is 29.8 Å². The molecule has 0 heterocycles. The minimum Gasteiger partial charge on any atom is -0.360 e. The van der Waals surface area contributed by atoms with Crippen molar-refractivity contribution in [3.63, 3.8) is 0 Å². The van der Waals surface area contributed by atoms with Crippen LogP contribution in [0.4, 0.5) is 5.69 Å². The molecule has 96 valence electrons. The van der Waals surface area contributed by atoms with Gasteiger partial charge in [0.2, 0.25) is 0 Å². The summed E-state index contributed by atoms with van der Waals surface area (Å²) < 4.78 is 0. The molecule has 1 aromatic rings. The van der Waals surface area contributed by atoms with Gasteiger partial charge in [-0.1, -0.05) is 25.5 Å². The fourth-order valence-electron chi connectivity index (χ4n) is 1.69. The summed E-state index contributed by atoms with van der Waals surface area (Å²) in [5.74, 6) is 0. The van der Waals surface area contributed by atoms with Crippen molar-refractivity contribution in [2.24, 2.45) is 0 Å². The van der Waals surface area contributed by atoms with E-state index in [-0.39, 0.29) is 0 Å². The molecule has 1 atom stereocenters. The minimum atomic E-state index is 0.382. The Morgan fingerprint density at radius 2 is 2.06 bits per heavy atom. The van der Waals surface area contributed by atoms with Gasteiger partial charge in [0.1, 0.15) is 0 Å². The molecule has 0 bridgehead atoms. The number of rotatable bonds is 5. The molecule has 0 amide bonds. The van der Waals surface area contributed by atoms with Crippen molar-refractivity contribution in [1.82, 2.24) is 5.32 Å². The van der Waals surface area contributed by atoms with Crippen LogP contribution in [0.15, 0.2) is 24.3 Å². The molecule has 2 N–H and O–H groups in total. The van der Waals surface area contributed by atoms with Gasteiger partial charge in [0.15, 0.2) is 5.11 Å². The molecule has 0 radical (unpaired) electrons. The normalized spacial score (nSPS) is 11.4. The lowest BCUT2D eigenvalue weighted by atomic mass is 10.1. The van der Waals surface area contributed by atoms with Crippen LogP contribution in [0.2, 0.25) is 0 Å². The summed E-state index contributed by atoms with van der Waals surface area (Å²) in [6.07, 6.45) is 2.68. The van der Waals surface area contributed by atoms with Crippen LogP contribution in [0, 0.1) is 11.3 Å². The molecule has 0 aliphatic heterocycles. The van der Waals surface area contributed by atoms with Crippen molar-refractivity contribution < 1.29 is 0 Å². The SMILES string of the molecule is CCC[C@H](C)NC(=S)Nc1ccc(CC#N)cc1. The molecule has 0 saturated heterocycles. The van der Waals surface area contributed by atoms with Crippen LogP contribution in [0.5, 0.6) is 0 Å². The van der Waals surface area contributed by atoms with Crippen molar-refractivity contribution in [3.8, 4) is 6.07 Å². The third kappa shape index (κ3) is 5.15. The van der Waals surface area contributed by atoms with E-state index in [4.69, 9.17) is 17.5 Å². The molecule has 1 rings (SSSR count). The molecule has 0 fully saturated rings. The zero-order valence-electron chi connectivity index (χ0n) is 10.9. The molecule has 18 heavy (non-hydrogen) atoms. The van der Waals surface area contributed by atoms with Gasteiger partial charge in [-0.05, 0) is 43.3 Å². The average Bonchev–Trinajstić information content (AvgIpc) is 2.32. The summed E-state index contributed by atoms with van der Waals surface area (Å²) >= 11 is 5.24. The van der Waals surface area contributed by atoms with E-state index in [2.05, 4.69) is 30.6 Å². The topological polar surface area (TPSA) is 47.8 Å². The highest BCUT2D eigenvalue weighted by Gasteiger charge is 2.03. The van der Waals surface area contributed by atoms with Crippen LogP contribution < -0.4 is 10.6 Å². The first kappa shape index (κ1) is 14.5. The molecule has 0 aliphatic carbocycles. The van der Waals surface area contributed by atoms with E-state index in [9.17, 15) is 0 Å².